The van der Waals surface area contributed by atoms with Gasteiger partial charge in [0.2, 0.25) is 10.0 Å². The first kappa shape index (κ1) is 13.8. The summed E-state index contributed by atoms with van der Waals surface area (Å²) in [5, 5.41) is 0.448. The molecule has 100 valence electrons. The molecular formula is C12H17ClN2O2S. The molecule has 0 amide bonds. The molecule has 6 heteroatoms. The second-order valence-electron chi connectivity index (χ2n) is 4.72. The molecule has 1 atom stereocenters. The fourth-order valence-corrected chi connectivity index (χ4v) is 3.42. The predicted molar refractivity (Wildman–Crippen MR) is 72.1 cm³/mol. The van der Waals surface area contributed by atoms with E-state index < -0.39 is 10.0 Å². The maximum absolute atomic E-state index is 12.1. The lowest BCUT2D eigenvalue weighted by Gasteiger charge is -2.13. The number of nitrogens with one attached hydrogen (secondary N) is 1. The Morgan fingerprint density at radius 3 is 2.78 bits per heavy atom. The van der Waals surface area contributed by atoms with Crippen LogP contribution in [0.15, 0.2) is 23.1 Å². The van der Waals surface area contributed by atoms with Crippen molar-refractivity contribution in [3.63, 3.8) is 0 Å². The Morgan fingerprint density at radius 1 is 1.50 bits per heavy atom. The Balaban J connectivity index is 2.12. The smallest absolute Gasteiger partial charge is 0.240 e. The van der Waals surface area contributed by atoms with Gasteiger partial charge in [-0.2, -0.15) is 0 Å². The van der Waals surface area contributed by atoms with E-state index in [1.807, 2.05) is 0 Å². The van der Waals surface area contributed by atoms with Crippen LogP contribution in [0, 0.1) is 12.8 Å². The van der Waals surface area contributed by atoms with Gasteiger partial charge in [-0.1, -0.05) is 17.7 Å². The van der Waals surface area contributed by atoms with Gasteiger partial charge in [0, 0.05) is 17.6 Å². The SMILES string of the molecule is Cc1c(Cl)cccc1S(=O)(=O)NCC(N)C1CC1. The van der Waals surface area contributed by atoms with Gasteiger partial charge in [0.05, 0.1) is 4.90 Å². The van der Waals surface area contributed by atoms with Gasteiger partial charge >= 0.3 is 0 Å². The molecule has 0 radical (unpaired) electrons. The third-order valence-corrected chi connectivity index (χ3v) is 5.22. The van der Waals surface area contributed by atoms with E-state index in [-0.39, 0.29) is 17.5 Å². The minimum absolute atomic E-state index is 0.0979. The fraction of sp³-hybridized carbons (Fsp3) is 0.500. The summed E-state index contributed by atoms with van der Waals surface area (Å²) in [7, 11) is -3.53. The first-order valence-electron chi connectivity index (χ1n) is 5.92. The van der Waals surface area contributed by atoms with Crippen molar-refractivity contribution in [3.05, 3.63) is 28.8 Å². The van der Waals surface area contributed by atoms with Crippen LogP contribution in [0.5, 0.6) is 0 Å². The Morgan fingerprint density at radius 2 is 2.17 bits per heavy atom. The summed E-state index contributed by atoms with van der Waals surface area (Å²) in [6.45, 7) is 1.97. The lowest BCUT2D eigenvalue weighted by atomic mass is 10.2. The molecule has 1 aliphatic rings. The van der Waals surface area contributed by atoms with E-state index in [0.29, 0.717) is 16.5 Å². The first-order chi connectivity index (χ1) is 8.42. The second kappa shape index (κ2) is 5.17. The fourth-order valence-electron chi connectivity index (χ4n) is 1.85. The van der Waals surface area contributed by atoms with E-state index in [2.05, 4.69) is 4.72 Å². The number of sulfonamides is 1. The van der Waals surface area contributed by atoms with Crippen molar-refractivity contribution in [1.29, 1.82) is 0 Å². The molecule has 1 saturated carbocycles. The van der Waals surface area contributed by atoms with Gasteiger partial charge in [0.25, 0.3) is 0 Å². The molecule has 1 aromatic rings. The van der Waals surface area contributed by atoms with Gasteiger partial charge in [-0.15, -0.1) is 0 Å². The molecule has 0 aromatic heterocycles. The van der Waals surface area contributed by atoms with Crippen molar-refractivity contribution in [2.75, 3.05) is 6.54 Å². The average Bonchev–Trinajstić information content (AvgIpc) is 3.13. The number of rotatable bonds is 5. The van der Waals surface area contributed by atoms with Gasteiger partial charge in [-0.05, 0) is 43.4 Å². The first-order valence-corrected chi connectivity index (χ1v) is 7.78. The molecular weight excluding hydrogens is 272 g/mol. The minimum Gasteiger partial charge on any atom is -0.326 e. The molecule has 1 aromatic carbocycles. The van der Waals surface area contributed by atoms with Crippen molar-refractivity contribution < 1.29 is 8.42 Å². The zero-order valence-corrected chi connectivity index (χ0v) is 11.8. The van der Waals surface area contributed by atoms with Crippen LogP contribution in [0.1, 0.15) is 18.4 Å². The predicted octanol–water partition coefficient (Wildman–Crippen LogP) is 1.66. The molecule has 0 heterocycles. The van der Waals surface area contributed by atoms with Crippen LogP contribution in [0.4, 0.5) is 0 Å². The van der Waals surface area contributed by atoms with Crippen LogP contribution in [-0.2, 0) is 10.0 Å². The van der Waals surface area contributed by atoms with Crippen LogP contribution in [0.3, 0.4) is 0 Å². The van der Waals surface area contributed by atoms with Crippen molar-refractivity contribution in [3.8, 4) is 0 Å². The zero-order chi connectivity index (χ0) is 13.3. The summed E-state index contributed by atoms with van der Waals surface area (Å²) < 4.78 is 26.8. The topological polar surface area (TPSA) is 72.2 Å². The van der Waals surface area contributed by atoms with Crippen molar-refractivity contribution in [1.82, 2.24) is 4.72 Å². The number of hydrogen-bond donors (Lipinski definition) is 2. The number of benzene rings is 1. The monoisotopic (exact) mass is 288 g/mol. The van der Waals surface area contributed by atoms with Crippen LogP contribution < -0.4 is 10.5 Å². The van der Waals surface area contributed by atoms with Crippen LogP contribution in [0.25, 0.3) is 0 Å². The Hall–Kier alpha value is -0.620. The van der Waals surface area contributed by atoms with Gasteiger partial charge < -0.3 is 5.73 Å². The van der Waals surface area contributed by atoms with Gasteiger partial charge in [0.1, 0.15) is 0 Å². The molecule has 0 saturated heterocycles. The van der Waals surface area contributed by atoms with E-state index in [9.17, 15) is 8.42 Å². The van der Waals surface area contributed by atoms with Crippen molar-refractivity contribution >= 4 is 21.6 Å². The standard InChI is InChI=1S/C12H17ClN2O2S/c1-8-10(13)3-2-4-12(8)18(16,17)15-7-11(14)9-5-6-9/h2-4,9,11,15H,5-7,14H2,1H3. The molecule has 18 heavy (non-hydrogen) atoms. The van der Waals surface area contributed by atoms with E-state index >= 15 is 0 Å². The Labute approximate surface area is 113 Å². The summed E-state index contributed by atoms with van der Waals surface area (Å²) in [6.07, 6.45) is 2.19. The maximum atomic E-state index is 12.1. The molecule has 3 N–H and O–H groups in total. The maximum Gasteiger partial charge on any atom is 0.240 e. The molecule has 1 fully saturated rings. The molecule has 0 spiro atoms. The normalized spacial score (nSPS) is 17.7. The van der Waals surface area contributed by atoms with E-state index in [4.69, 9.17) is 17.3 Å². The number of hydrogen-bond acceptors (Lipinski definition) is 3. The Kier molecular flexibility index (Phi) is 3.96. The van der Waals surface area contributed by atoms with E-state index in [1.54, 1.807) is 25.1 Å². The summed E-state index contributed by atoms with van der Waals surface area (Å²) >= 11 is 5.93. The van der Waals surface area contributed by atoms with Crippen LogP contribution >= 0.6 is 11.6 Å². The number of nitrogens with two attached hydrogens (primary N) is 1. The highest BCUT2D eigenvalue weighted by molar-refractivity contribution is 7.89. The lowest BCUT2D eigenvalue weighted by Crippen LogP contribution is -2.38. The van der Waals surface area contributed by atoms with E-state index in [1.165, 1.54) is 0 Å². The van der Waals surface area contributed by atoms with E-state index in [0.717, 1.165) is 12.8 Å². The summed E-state index contributed by atoms with van der Waals surface area (Å²) in [6, 6.07) is 4.75. The molecule has 0 bridgehead atoms. The summed E-state index contributed by atoms with van der Waals surface area (Å²) in [4.78, 5) is 0.220. The second-order valence-corrected chi connectivity index (χ2v) is 6.86. The molecule has 0 aliphatic heterocycles. The Bertz CT molecular complexity index is 541. The largest absolute Gasteiger partial charge is 0.326 e. The highest BCUT2D eigenvalue weighted by Crippen LogP contribution is 2.31. The lowest BCUT2D eigenvalue weighted by molar-refractivity contribution is 0.547. The van der Waals surface area contributed by atoms with Gasteiger partial charge in [-0.3, -0.25) is 0 Å². The van der Waals surface area contributed by atoms with Crippen molar-refractivity contribution in [2.24, 2.45) is 11.7 Å². The quantitative estimate of drug-likeness (QED) is 0.865. The van der Waals surface area contributed by atoms with Crippen LogP contribution in [-0.4, -0.2) is 21.0 Å². The molecule has 1 aliphatic carbocycles. The number of halogens is 1. The van der Waals surface area contributed by atoms with Gasteiger partial charge in [0.15, 0.2) is 0 Å². The minimum atomic E-state index is -3.53. The molecule has 2 rings (SSSR count). The molecule has 4 nitrogen and oxygen atoms in total. The van der Waals surface area contributed by atoms with Gasteiger partial charge in [-0.25, -0.2) is 13.1 Å². The molecule has 1 unspecified atom stereocenters. The summed E-state index contributed by atoms with van der Waals surface area (Å²) in [5.41, 5.74) is 6.44. The third-order valence-electron chi connectivity index (χ3n) is 3.24. The van der Waals surface area contributed by atoms with Crippen LogP contribution in [0.2, 0.25) is 5.02 Å². The third kappa shape index (κ3) is 3.03. The highest BCUT2D eigenvalue weighted by Gasteiger charge is 2.29. The zero-order valence-electron chi connectivity index (χ0n) is 10.2. The van der Waals surface area contributed by atoms with Crippen molar-refractivity contribution in [2.45, 2.75) is 30.7 Å². The summed E-state index contributed by atoms with van der Waals surface area (Å²) in [5.74, 6) is 0.466. The average molecular weight is 289 g/mol. The highest BCUT2D eigenvalue weighted by atomic mass is 35.5.